The van der Waals surface area contributed by atoms with Crippen molar-refractivity contribution in [2.24, 2.45) is 0 Å². The molecule has 2 heterocycles. The first kappa shape index (κ1) is 9.54. The van der Waals surface area contributed by atoms with Crippen molar-refractivity contribution in [3.63, 3.8) is 0 Å². The van der Waals surface area contributed by atoms with Crippen molar-refractivity contribution < 1.29 is 4.79 Å². The zero-order valence-electron chi connectivity index (χ0n) is 7.93. The monoisotopic (exact) mass is 212 g/mol. The van der Waals surface area contributed by atoms with Gasteiger partial charge in [0.15, 0.2) is 5.69 Å². The average molecular weight is 212 g/mol. The van der Waals surface area contributed by atoms with Gasteiger partial charge in [-0.05, 0) is 13.0 Å². The zero-order valence-corrected chi connectivity index (χ0v) is 8.75. The molecule has 0 saturated carbocycles. The van der Waals surface area contributed by atoms with Gasteiger partial charge in [0.05, 0.1) is 17.9 Å². The van der Waals surface area contributed by atoms with Crippen molar-refractivity contribution in [1.82, 2.24) is 19.0 Å². The molecule has 6 heteroatoms. The van der Waals surface area contributed by atoms with Gasteiger partial charge in [-0.25, -0.2) is 0 Å². The quantitative estimate of drug-likeness (QED) is 0.748. The lowest BCUT2D eigenvalue weighted by Gasteiger charge is -2.22. The summed E-state index contributed by atoms with van der Waals surface area (Å²) in [5.74, 6) is -0.0348. The van der Waals surface area contributed by atoms with Crippen LogP contribution in [0.1, 0.15) is 16.9 Å². The Morgan fingerprint density at radius 2 is 2.64 bits per heavy atom. The van der Waals surface area contributed by atoms with Crippen LogP contribution in [0, 0.1) is 0 Å². The largest absolute Gasteiger partial charge is 0.336 e. The number of aromatic nitrogens is 2. The Bertz CT molecular complexity index is 307. The Balaban J connectivity index is 2.04. The first-order chi connectivity index (χ1) is 6.79. The highest BCUT2D eigenvalue weighted by Crippen LogP contribution is 2.09. The van der Waals surface area contributed by atoms with Crippen LogP contribution in [-0.2, 0) is 0 Å². The molecule has 0 radical (unpaired) electrons. The van der Waals surface area contributed by atoms with E-state index < -0.39 is 0 Å². The smallest absolute Gasteiger partial charge is 0.275 e. The van der Waals surface area contributed by atoms with E-state index in [1.807, 2.05) is 7.05 Å². The van der Waals surface area contributed by atoms with Gasteiger partial charge in [0, 0.05) is 19.6 Å². The van der Waals surface area contributed by atoms with Crippen LogP contribution in [0.15, 0.2) is 6.20 Å². The average Bonchev–Trinajstić information content (AvgIpc) is 2.87. The van der Waals surface area contributed by atoms with E-state index in [2.05, 4.69) is 14.1 Å². The normalized spacial score (nSPS) is 21.1. The molecule has 1 unspecified atom stereocenters. The van der Waals surface area contributed by atoms with Gasteiger partial charge in [-0.2, -0.15) is 8.75 Å². The van der Waals surface area contributed by atoms with Crippen molar-refractivity contribution in [1.29, 1.82) is 0 Å². The third kappa shape index (κ3) is 1.76. The van der Waals surface area contributed by atoms with E-state index in [9.17, 15) is 4.79 Å². The van der Waals surface area contributed by atoms with E-state index in [-0.39, 0.29) is 5.91 Å². The lowest BCUT2D eigenvalue weighted by molar-refractivity contribution is 0.0739. The van der Waals surface area contributed by atoms with E-state index in [1.54, 1.807) is 4.90 Å². The summed E-state index contributed by atoms with van der Waals surface area (Å²) in [5.41, 5.74) is 0.449. The van der Waals surface area contributed by atoms with Gasteiger partial charge in [-0.15, -0.1) is 0 Å². The summed E-state index contributed by atoms with van der Waals surface area (Å²) < 4.78 is 7.75. The van der Waals surface area contributed by atoms with Crippen molar-refractivity contribution in [3.05, 3.63) is 11.9 Å². The van der Waals surface area contributed by atoms with Crippen molar-refractivity contribution in [3.8, 4) is 0 Å². The maximum absolute atomic E-state index is 11.8. The number of nitrogens with zero attached hydrogens (tertiary/aromatic N) is 3. The fourth-order valence-corrected chi connectivity index (χ4v) is 1.98. The van der Waals surface area contributed by atoms with Crippen LogP contribution < -0.4 is 5.32 Å². The SMILES string of the molecule is CN(C(=O)c1cnsn1)C1CCNC1. The highest BCUT2D eigenvalue weighted by Gasteiger charge is 2.24. The fraction of sp³-hybridized carbons (Fsp3) is 0.625. The zero-order chi connectivity index (χ0) is 9.97. The minimum atomic E-state index is -0.0348. The molecule has 0 aromatic carbocycles. The molecule has 1 atom stereocenters. The maximum atomic E-state index is 11.8. The molecule has 0 aliphatic carbocycles. The highest BCUT2D eigenvalue weighted by molar-refractivity contribution is 6.99. The van der Waals surface area contributed by atoms with Gasteiger partial charge >= 0.3 is 0 Å². The van der Waals surface area contributed by atoms with Crippen molar-refractivity contribution >= 4 is 17.6 Å². The fourth-order valence-electron chi connectivity index (χ4n) is 1.58. The molecule has 1 fully saturated rings. The van der Waals surface area contributed by atoms with Gasteiger partial charge in [0.2, 0.25) is 0 Å². The van der Waals surface area contributed by atoms with Crippen molar-refractivity contribution in [2.75, 3.05) is 20.1 Å². The summed E-state index contributed by atoms with van der Waals surface area (Å²) in [7, 11) is 1.82. The summed E-state index contributed by atoms with van der Waals surface area (Å²) >= 11 is 1.06. The number of carbonyl (C=O) groups is 1. The van der Waals surface area contributed by atoms with Crippen LogP contribution in [0.25, 0.3) is 0 Å². The molecule has 1 aromatic rings. The Morgan fingerprint density at radius 1 is 1.79 bits per heavy atom. The van der Waals surface area contributed by atoms with Crippen LogP contribution in [-0.4, -0.2) is 45.7 Å². The molecule has 1 saturated heterocycles. The molecule has 1 N–H and O–H groups in total. The van der Waals surface area contributed by atoms with E-state index in [0.717, 1.165) is 31.2 Å². The molecular formula is C8H12N4OS. The Labute approximate surface area is 86.4 Å². The summed E-state index contributed by atoms with van der Waals surface area (Å²) in [4.78, 5) is 13.5. The molecule has 5 nitrogen and oxygen atoms in total. The Hall–Kier alpha value is -1.01. The molecule has 0 spiro atoms. The van der Waals surface area contributed by atoms with Crippen LogP contribution in [0.2, 0.25) is 0 Å². The molecule has 1 amide bonds. The summed E-state index contributed by atoms with van der Waals surface area (Å²) in [6.07, 6.45) is 2.53. The van der Waals surface area contributed by atoms with Gasteiger partial charge in [-0.3, -0.25) is 4.79 Å². The lowest BCUT2D eigenvalue weighted by atomic mass is 10.2. The van der Waals surface area contributed by atoms with E-state index in [4.69, 9.17) is 0 Å². The van der Waals surface area contributed by atoms with E-state index >= 15 is 0 Å². The standard InChI is InChI=1S/C8H12N4OS/c1-12(6-2-3-9-4-6)8(13)7-5-10-14-11-7/h5-6,9H,2-4H2,1H3. The molecule has 1 aromatic heterocycles. The van der Waals surface area contributed by atoms with E-state index in [1.165, 1.54) is 6.20 Å². The maximum Gasteiger partial charge on any atom is 0.275 e. The Morgan fingerprint density at radius 3 is 3.21 bits per heavy atom. The number of carbonyl (C=O) groups excluding carboxylic acids is 1. The van der Waals surface area contributed by atoms with E-state index in [0.29, 0.717) is 11.7 Å². The Kier molecular flexibility index (Phi) is 2.74. The second kappa shape index (κ2) is 4.02. The number of nitrogens with one attached hydrogen (secondary N) is 1. The lowest BCUT2D eigenvalue weighted by Crippen LogP contribution is -2.38. The molecule has 1 aliphatic heterocycles. The second-order valence-electron chi connectivity index (χ2n) is 3.36. The summed E-state index contributed by atoms with van der Waals surface area (Å²) in [6, 6.07) is 0.296. The second-order valence-corrected chi connectivity index (χ2v) is 3.91. The van der Waals surface area contributed by atoms with Crippen molar-refractivity contribution in [2.45, 2.75) is 12.5 Å². The topological polar surface area (TPSA) is 58.1 Å². The third-order valence-corrected chi connectivity index (χ3v) is 2.96. The first-order valence-corrected chi connectivity index (χ1v) is 5.27. The predicted molar refractivity (Wildman–Crippen MR) is 53.3 cm³/mol. The third-order valence-electron chi connectivity index (χ3n) is 2.48. The molecule has 1 aliphatic rings. The number of amides is 1. The van der Waals surface area contributed by atoms with Crippen LogP contribution in [0.3, 0.4) is 0 Å². The number of likely N-dealkylation sites (N-methyl/N-ethyl adjacent to an activating group) is 1. The van der Waals surface area contributed by atoms with Gasteiger partial charge < -0.3 is 10.2 Å². The summed E-state index contributed by atoms with van der Waals surface area (Å²) in [6.45, 7) is 1.86. The summed E-state index contributed by atoms with van der Waals surface area (Å²) in [5, 5.41) is 3.23. The van der Waals surface area contributed by atoms with Gasteiger partial charge in [-0.1, -0.05) is 0 Å². The molecule has 2 rings (SSSR count). The predicted octanol–water partition coefficient (Wildman–Crippen LogP) is -0.0280. The number of rotatable bonds is 2. The van der Waals surface area contributed by atoms with Crippen LogP contribution >= 0.6 is 11.7 Å². The molecule has 76 valence electrons. The van der Waals surface area contributed by atoms with Gasteiger partial charge in [0.25, 0.3) is 5.91 Å². The van der Waals surface area contributed by atoms with Crippen LogP contribution in [0.4, 0.5) is 0 Å². The minimum Gasteiger partial charge on any atom is -0.336 e. The molecular weight excluding hydrogens is 200 g/mol. The molecule has 0 bridgehead atoms. The minimum absolute atomic E-state index is 0.0348. The number of hydrogen-bond donors (Lipinski definition) is 1. The van der Waals surface area contributed by atoms with Crippen LogP contribution in [0.5, 0.6) is 0 Å². The first-order valence-electron chi connectivity index (χ1n) is 4.54. The highest BCUT2D eigenvalue weighted by atomic mass is 32.1. The molecule has 14 heavy (non-hydrogen) atoms. The van der Waals surface area contributed by atoms with Gasteiger partial charge in [0.1, 0.15) is 0 Å². The number of hydrogen-bond acceptors (Lipinski definition) is 5.